The second kappa shape index (κ2) is 11.0. The highest BCUT2D eigenvalue weighted by atomic mass is 16.3. The molecule has 0 amide bonds. The van der Waals surface area contributed by atoms with Gasteiger partial charge in [0.15, 0.2) is 0 Å². The first-order valence-electron chi connectivity index (χ1n) is 12.1. The summed E-state index contributed by atoms with van der Waals surface area (Å²) in [5.74, 6) is 0.351. The van der Waals surface area contributed by atoms with Gasteiger partial charge in [0, 0.05) is 5.41 Å². The molecule has 0 spiro atoms. The van der Waals surface area contributed by atoms with Crippen molar-refractivity contribution in [1.29, 1.82) is 0 Å². The van der Waals surface area contributed by atoms with Crippen molar-refractivity contribution in [3.05, 3.63) is 70.3 Å². The predicted molar refractivity (Wildman–Crippen MR) is 134 cm³/mol. The largest absolute Gasteiger partial charge is 0.508 e. The summed E-state index contributed by atoms with van der Waals surface area (Å²) in [5.41, 5.74) is 5.08. The van der Waals surface area contributed by atoms with E-state index in [0.29, 0.717) is 5.75 Å². The highest BCUT2D eigenvalue weighted by Gasteiger charge is 2.31. The monoisotopic (exact) mass is 422 g/mol. The number of unbranched alkanes of at least 4 members (excludes halogenated alkanes) is 2. The maximum Gasteiger partial charge on any atom is 0.118 e. The van der Waals surface area contributed by atoms with Crippen molar-refractivity contribution in [2.24, 2.45) is 0 Å². The first-order valence-corrected chi connectivity index (χ1v) is 12.1. The maximum absolute atomic E-state index is 10.9. The van der Waals surface area contributed by atoms with Crippen LogP contribution < -0.4 is 0 Å². The van der Waals surface area contributed by atoms with E-state index in [1.165, 1.54) is 23.1 Å². The molecule has 2 heteroatoms. The van der Waals surface area contributed by atoms with Gasteiger partial charge in [-0.15, -0.1) is 0 Å². The molecule has 0 radical (unpaired) electrons. The number of phenols is 1. The van der Waals surface area contributed by atoms with Crippen molar-refractivity contribution in [3.63, 3.8) is 0 Å². The highest BCUT2D eigenvalue weighted by Crippen LogP contribution is 2.41. The molecule has 31 heavy (non-hydrogen) atoms. The molecule has 1 unspecified atom stereocenters. The Morgan fingerprint density at radius 1 is 0.806 bits per heavy atom. The van der Waals surface area contributed by atoms with Crippen LogP contribution in [0.2, 0.25) is 0 Å². The number of hydrogen-bond donors (Lipinski definition) is 2. The van der Waals surface area contributed by atoms with Crippen LogP contribution in [0.5, 0.6) is 5.75 Å². The molecule has 2 N–H and O–H groups in total. The smallest absolute Gasteiger partial charge is 0.118 e. The molecule has 2 aromatic rings. The third kappa shape index (κ3) is 5.80. The molecule has 0 fully saturated rings. The van der Waals surface area contributed by atoms with Crippen molar-refractivity contribution in [2.45, 2.75) is 97.5 Å². The van der Waals surface area contributed by atoms with Crippen LogP contribution in [-0.2, 0) is 5.41 Å². The van der Waals surface area contributed by atoms with Gasteiger partial charge in [-0.2, -0.15) is 0 Å². The van der Waals surface area contributed by atoms with Crippen molar-refractivity contribution in [2.75, 3.05) is 0 Å². The lowest BCUT2D eigenvalue weighted by molar-refractivity contribution is 0.0754. The van der Waals surface area contributed by atoms with Gasteiger partial charge >= 0.3 is 0 Å². The summed E-state index contributed by atoms with van der Waals surface area (Å²) in [4.78, 5) is 0. The second-order valence-corrected chi connectivity index (χ2v) is 9.11. The average Bonchev–Trinajstić information content (AvgIpc) is 2.77. The van der Waals surface area contributed by atoms with Crippen LogP contribution in [0.15, 0.2) is 42.5 Å². The Balaban J connectivity index is 2.37. The van der Waals surface area contributed by atoms with Crippen LogP contribution in [0, 0.1) is 13.8 Å². The van der Waals surface area contributed by atoms with Gasteiger partial charge in [0.25, 0.3) is 0 Å². The SMILES string of the molecule is CCCCCC(O)(C=Cc1ccc(C(CC)(CC)c2ccc(O)c(C)c2)cc1C)CC. The fraction of sp³-hybridized carbons (Fsp3) is 0.517. The number of hydrogen-bond acceptors (Lipinski definition) is 2. The van der Waals surface area contributed by atoms with E-state index in [1.807, 2.05) is 19.1 Å². The highest BCUT2D eigenvalue weighted by molar-refractivity contribution is 5.57. The average molecular weight is 423 g/mol. The maximum atomic E-state index is 10.9. The van der Waals surface area contributed by atoms with Gasteiger partial charge in [-0.25, -0.2) is 0 Å². The molecule has 0 aliphatic carbocycles. The Hall–Kier alpha value is -2.06. The van der Waals surface area contributed by atoms with Gasteiger partial charge in [0.1, 0.15) is 5.75 Å². The Kier molecular flexibility index (Phi) is 8.94. The number of benzene rings is 2. The van der Waals surface area contributed by atoms with Crippen LogP contribution in [0.1, 0.15) is 100 Å². The van der Waals surface area contributed by atoms with E-state index in [0.717, 1.165) is 49.7 Å². The van der Waals surface area contributed by atoms with Crippen molar-refractivity contribution >= 4 is 6.08 Å². The summed E-state index contributed by atoms with van der Waals surface area (Å²) in [7, 11) is 0. The minimum absolute atomic E-state index is 0.0736. The number of rotatable bonds is 11. The van der Waals surface area contributed by atoms with Crippen LogP contribution in [0.25, 0.3) is 6.08 Å². The van der Waals surface area contributed by atoms with Gasteiger partial charge in [-0.05, 0) is 73.4 Å². The normalized spacial score (nSPS) is 14.2. The number of phenolic OH excluding ortho intramolecular Hbond substituents is 1. The third-order valence-corrected chi connectivity index (χ3v) is 7.18. The number of aromatic hydroxyl groups is 1. The van der Waals surface area contributed by atoms with E-state index in [4.69, 9.17) is 0 Å². The lowest BCUT2D eigenvalue weighted by atomic mass is 9.70. The van der Waals surface area contributed by atoms with Crippen LogP contribution >= 0.6 is 0 Å². The van der Waals surface area contributed by atoms with E-state index in [-0.39, 0.29) is 5.41 Å². The van der Waals surface area contributed by atoms with Crippen LogP contribution in [-0.4, -0.2) is 15.8 Å². The molecule has 170 valence electrons. The van der Waals surface area contributed by atoms with E-state index in [1.54, 1.807) is 0 Å². The molecule has 2 nitrogen and oxygen atoms in total. The summed E-state index contributed by atoms with van der Waals surface area (Å²) in [6, 6.07) is 12.7. The van der Waals surface area contributed by atoms with Crippen molar-refractivity contribution < 1.29 is 10.2 Å². The molecule has 0 aliphatic rings. The quantitative estimate of drug-likeness (QED) is 0.362. The Morgan fingerprint density at radius 2 is 1.42 bits per heavy atom. The van der Waals surface area contributed by atoms with Gasteiger partial charge in [0.05, 0.1) is 5.60 Å². The summed E-state index contributed by atoms with van der Waals surface area (Å²) < 4.78 is 0. The van der Waals surface area contributed by atoms with Gasteiger partial charge < -0.3 is 10.2 Å². The molecule has 0 saturated carbocycles. The first kappa shape index (κ1) is 25.2. The van der Waals surface area contributed by atoms with Gasteiger partial charge in [-0.1, -0.05) is 89.4 Å². The summed E-state index contributed by atoms with van der Waals surface area (Å²) in [5, 5.41) is 20.9. The van der Waals surface area contributed by atoms with Crippen LogP contribution in [0.3, 0.4) is 0 Å². The topological polar surface area (TPSA) is 40.5 Å². The van der Waals surface area contributed by atoms with Crippen molar-refractivity contribution in [1.82, 2.24) is 0 Å². The van der Waals surface area contributed by atoms with E-state index < -0.39 is 5.60 Å². The lowest BCUT2D eigenvalue weighted by Crippen LogP contribution is -2.26. The fourth-order valence-corrected chi connectivity index (χ4v) is 4.65. The molecule has 2 rings (SSSR count). The van der Waals surface area contributed by atoms with E-state index >= 15 is 0 Å². The molecule has 2 aromatic carbocycles. The third-order valence-electron chi connectivity index (χ3n) is 7.18. The lowest BCUT2D eigenvalue weighted by Gasteiger charge is -2.34. The summed E-state index contributed by atoms with van der Waals surface area (Å²) in [6.07, 6.45) is 11.0. The minimum atomic E-state index is -0.722. The van der Waals surface area contributed by atoms with Crippen LogP contribution in [0.4, 0.5) is 0 Å². The zero-order valence-electron chi connectivity index (χ0n) is 20.5. The zero-order chi connectivity index (χ0) is 23.1. The van der Waals surface area contributed by atoms with Crippen molar-refractivity contribution in [3.8, 4) is 5.75 Å². The number of aliphatic hydroxyl groups is 1. The molecule has 0 aromatic heterocycles. The van der Waals surface area contributed by atoms with Gasteiger partial charge in [-0.3, -0.25) is 0 Å². The molecule has 0 heterocycles. The summed E-state index contributed by atoms with van der Waals surface area (Å²) >= 11 is 0. The molecular formula is C29H42O2. The Morgan fingerprint density at radius 3 is 1.94 bits per heavy atom. The fourth-order valence-electron chi connectivity index (χ4n) is 4.65. The zero-order valence-corrected chi connectivity index (χ0v) is 20.5. The molecule has 1 atom stereocenters. The molecule has 0 saturated heterocycles. The molecular weight excluding hydrogens is 380 g/mol. The second-order valence-electron chi connectivity index (χ2n) is 9.11. The Bertz CT molecular complexity index is 876. The molecule has 0 aliphatic heterocycles. The Labute approximate surface area is 190 Å². The minimum Gasteiger partial charge on any atom is -0.508 e. The predicted octanol–water partition coefficient (Wildman–Crippen LogP) is 7.85. The standard InChI is InChI=1S/C29H42O2/c1-7-11-12-18-28(31,8-2)19-17-24-13-14-25(20-22(24)5)29(9-3,10-4)26-15-16-27(30)23(6)21-26/h13-17,19-21,30-31H,7-12,18H2,1-6H3. The molecule has 0 bridgehead atoms. The number of aryl methyl sites for hydroxylation is 2. The van der Waals surface area contributed by atoms with E-state index in [2.05, 4.69) is 71.0 Å². The summed E-state index contributed by atoms with van der Waals surface area (Å²) in [6.45, 7) is 12.9. The van der Waals surface area contributed by atoms with Gasteiger partial charge in [0.2, 0.25) is 0 Å². The first-order chi connectivity index (χ1) is 14.7. The van der Waals surface area contributed by atoms with E-state index in [9.17, 15) is 10.2 Å².